The maximum Gasteiger partial charge on any atom is 0.353 e. The number of aliphatic carboxylic acids is 1. The molecule has 15 heteroatoms. The van der Waals surface area contributed by atoms with E-state index < -0.39 is 18.4 Å². The van der Waals surface area contributed by atoms with Crippen molar-refractivity contribution in [2.45, 2.75) is 75.5 Å². The van der Waals surface area contributed by atoms with Crippen LogP contribution in [0.5, 0.6) is 6.01 Å². The first kappa shape index (κ1) is 27.1. The lowest BCUT2D eigenvalue weighted by Crippen LogP contribution is -2.68. The third kappa shape index (κ3) is 4.85. The lowest BCUT2D eigenvalue weighted by atomic mass is 9.77. The van der Waals surface area contributed by atoms with Gasteiger partial charge in [0, 0.05) is 53.7 Å². The van der Waals surface area contributed by atoms with Crippen molar-refractivity contribution in [3.05, 3.63) is 10.6 Å². The fraction of sp³-hybridized carbons (Fsp3) is 0.783. The lowest BCUT2D eigenvalue weighted by Gasteiger charge is -2.54. The molecule has 14 nitrogen and oxygen atoms in total. The zero-order valence-corrected chi connectivity index (χ0v) is 22.5. The Morgan fingerprint density at radius 3 is 2.74 bits per heavy atom. The number of methoxy groups -OCH3 is 1. The fourth-order valence-corrected chi connectivity index (χ4v) is 7.80. The summed E-state index contributed by atoms with van der Waals surface area (Å²) >= 11 is 1.51. The molecule has 0 aromatic carbocycles. The highest BCUT2D eigenvalue weighted by atomic mass is 32.2. The second-order valence-corrected chi connectivity index (χ2v) is 11.8. The van der Waals surface area contributed by atoms with Crippen LogP contribution in [0.15, 0.2) is 10.6 Å². The summed E-state index contributed by atoms with van der Waals surface area (Å²) < 4.78 is 6.38. The van der Waals surface area contributed by atoms with Crippen LogP contribution in [0.3, 0.4) is 0 Å². The molecule has 210 valence electrons. The van der Waals surface area contributed by atoms with E-state index in [2.05, 4.69) is 26.2 Å². The number of tetrazole rings is 1. The predicted octanol–water partition coefficient (Wildman–Crippen LogP) is -1.37. The van der Waals surface area contributed by atoms with Gasteiger partial charge in [-0.15, -0.1) is 11.8 Å². The van der Waals surface area contributed by atoms with Crippen molar-refractivity contribution in [3.63, 3.8) is 0 Å². The van der Waals surface area contributed by atoms with Crippen LogP contribution in [0.1, 0.15) is 33.1 Å². The van der Waals surface area contributed by atoms with Crippen LogP contribution in [-0.4, -0.2) is 120 Å². The molecular weight excluding hydrogens is 516 g/mol. The van der Waals surface area contributed by atoms with E-state index in [0.717, 1.165) is 30.8 Å². The van der Waals surface area contributed by atoms with Gasteiger partial charge in [-0.1, -0.05) is 12.0 Å². The summed E-state index contributed by atoms with van der Waals surface area (Å²) in [5, 5.41) is 49.2. The van der Waals surface area contributed by atoms with E-state index in [0.29, 0.717) is 13.0 Å². The van der Waals surface area contributed by atoms with Crippen molar-refractivity contribution < 1.29 is 29.6 Å². The molecule has 3 saturated heterocycles. The van der Waals surface area contributed by atoms with Crippen molar-refractivity contribution in [1.29, 1.82) is 0 Å². The Bertz CT molecular complexity index is 1080. The van der Waals surface area contributed by atoms with Crippen LogP contribution in [0.25, 0.3) is 0 Å². The number of ether oxygens (including phenoxy) is 1. The molecule has 3 fully saturated rings. The second kappa shape index (κ2) is 11.0. The van der Waals surface area contributed by atoms with Crippen LogP contribution in [0, 0.1) is 11.8 Å². The number of fused-ring (bicyclic) bond motifs is 1. The zero-order chi connectivity index (χ0) is 27.1. The molecule has 5 N–H and O–H groups in total. The van der Waals surface area contributed by atoms with Gasteiger partial charge in [-0.25, -0.2) is 4.79 Å². The van der Waals surface area contributed by atoms with Crippen LogP contribution in [0.4, 0.5) is 0 Å². The number of hydrogen-bond acceptors (Lipinski definition) is 12. The van der Waals surface area contributed by atoms with Gasteiger partial charge >= 0.3 is 12.0 Å². The Morgan fingerprint density at radius 2 is 2.05 bits per heavy atom. The van der Waals surface area contributed by atoms with Gasteiger partial charge in [0.05, 0.1) is 19.7 Å². The smallest absolute Gasteiger partial charge is 0.353 e. The van der Waals surface area contributed by atoms with Gasteiger partial charge in [0.15, 0.2) is 0 Å². The first-order chi connectivity index (χ1) is 18.2. The van der Waals surface area contributed by atoms with E-state index in [-0.39, 0.29) is 59.4 Å². The first-order valence-electron chi connectivity index (χ1n) is 13.1. The Balaban J connectivity index is 1.23. The largest absolute Gasteiger partial charge is 0.477 e. The van der Waals surface area contributed by atoms with Crippen molar-refractivity contribution in [1.82, 2.24) is 40.6 Å². The molecule has 0 radical (unpaired) electrons. The summed E-state index contributed by atoms with van der Waals surface area (Å²) in [6.07, 6.45) is 0.704. The number of hydrogen-bond donors (Lipinski definition) is 5. The molecule has 38 heavy (non-hydrogen) atoms. The monoisotopic (exact) mass is 552 g/mol. The number of aliphatic hydroxyl groups is 2. The number of aliphatic hydroxyl groups excluding tert-OH is 2. The highest BCUT2D eigenvalue weighted by Gasteiger charge is 2.60. The summed E-state index contributed by atoms with van der Waals surface area (Å²) in [5.74, 6) is -1.38. The SMILES string of the molecule is COc1nnnn1CC(O)N[C@H](C)[C@@H]1[C@H]2[C@@H](C)C(S[C@@H]3CN[C@H](C(=O)N4CCCC4)C3)=C(C(=O)O)N2[C@H]1O. The quantitative estimate of drug-likeness (QED) is 0.215. The average molecular weight is 553 g/mol. The van der Waals surface area contributed by atoms with Crippen molar-refractivity contribution in [2.24, 2.45) is 11.8 Å². The van der Waals surface area contributed by atoms with Gasteiger partial charge < -0.3 is 35.2 Å². The molecule has 0 saturated carbocycles. The number of carbonyl (C=O) groups is 2. The molecule has 4 aliphatic rings. The lowest BCUT2D eigenvalue weighted by molar-refractivity contribution is -0.176. The number of amides is 1. The third-order valence-corrected chi connectivity index (χ3v) is 9.64. The standard InChI is InChI=1S/C23H36N8O6S/c1-11-17-16(12(2)25-15(32)10-30-23(37-3)26-27-28-30)21(34)31(17)18(22(35)36)19(11)38-13-8-14(24-9-13)20(33)29-6-4-5-7-29/h11-17,21,24-25,32,34H,4-10H2,1-3H3,(H,35,36)/t11-,12-,13+,14+,15?,16-,17-,21+/m1/s1. The van der Waals surface area contributed by atoms with Gasteiger partial charge in [0.2, 0.25) is 5.91 Å². The number of rotatable bonds is 10. The van der Waals surface area contributed by atoms with Crippen LogP contribution in [-0.2, 0) is 16.1 Å². The van der Waals surface area contributed by atoms with Crippen molar-refractivity contribution in [3.8, 4) is 6.01 Å². The Labute approximate surface area is 224 Å². The Morgan fingerprint density at radius 1 is 1.32 bits per heavy atom. The molecule has 1 amide bonds. The first-order valence-corrected chi connectivity index (χ1v) is 14.0. The maximum absolute atomic E-state index is 12.8. The molecule has 4 aliphatic heterocycles. The number of likely N-dealkylation sites (tertiary alicyclic amines) is 1. The summed E-state index contributed by atoms with van der Waals surface area (Å²) in [7, 11) is 1.43. The molecule has 5 heterocycles. The molecular formula is C23H36N8O6S. The maximum atomic E-state index is 12.8. The molecule has 0 bridgehead atoms. The van der Waals surface area contributed by atoms with E-state index >= 15 is 0 Å². The van der Waals surface area contributed by atoms with Crippen molar-refractivity contribution in [2.75, 3.05) is 26.7 Å². The molecule has 1 aromatic rings. The Hall–Kier alpha value is -2.46. The van der Waals surface area contributed by atoms with E-state index in [1.165, 1.54) is 23.6 Å². The zero-order valence-electron chi connectivity index (χ0n) is 21.7. The molecule has 1 unspecified atom stereocenters. The predicted molar refractivity (Wildman–Crippen MR) is 136 cm³/mol. The van der Waals surface area contributed by atoms with E-state index in [9.17, 15) is 24.9 Å². The number of carboxylic acid groups (broad SMARTS) is 1. The Kier molecular flexibility index (Phi) is 7.82. The van der Waals surface area contributed by atoms with Gasteiger partial charge in [0.25, 0.3) is 0 Å². The molecule has 0 aliphatic carbocycles. The minimum atomic E-state index is -1.07. The van der Waals surface area contributed by atoms with Gasteiger partial charge in [-0.05, 0) is 36.6 Å². The topological polar surface area (TPSA) is 178 Å². The van der Waals surface area contributed by atoms with Crippen LogP contribution < -0.4 is 15.4 Å². The minimum absolute atomic E-state index is 0.0407. The summed E-state index contributed by atoms with van der Waals surface area (Å²) in [6.45, 7) is 6.12. The highest BCUT2D eigenvalue weighted by Crippen LogP contribution is 2.53. The average Bonchev–Trinajstić information content (AvgIpc) is 3.67. The summed E-state index contributed by atoms with van der Waals surface area (Å²) in [5.41, 5.74) is 0.136. The number of thioether (sulfide) groups is 1. The minimum Gasteiger partial charge on any atom is -0.477 e. The van der Waals surface area contributed by atoms with Gasteiger partial charge in [-0.3, -0.25) is 10.1 Å². The van der Waals surface area contributed by atoms with E-state index in [4.69, 9.17) is 4.74 Å². The highest BCUT2D eigenvalue weighted by molar-refractivity contribution is 8.03. The summed E-state index contributed by atoms with van der Waals surface area (Å²) in [4.78, 5) is 29.4. The van der Waals surface area contributed by atoms with Gasteiger partial charge in [0.1, 0.15) is 18.2 Å². The van der Waals surface area contributed by atoms with E-state index in [1.807, 2.05) is 18.7 Å². The molecule has 1 aromatic heterocycles. The second-order valence-electron chi connectivity index (χ2n) is 10.5. The van der Waals surface area contributed by atoms with Gasteiger partial charge in [-0.2, -0.15) is 4.68 Å². The summed E-state index contributed by atoms with van der Waals surface area (Å²) in [6, 6.07) is -0.634. The third-order valence-electron chi connectivity index (χ3n) is 8.12. The van der Waals surface area contributed by atoms with Crippen LogP contribution >= 0.6 is 11.8 Å². The number of nitrogens with zero attached hydrogens (tertiary/aromatic N) is 6. The molecule has 5 rings (SSSR count). The molecule has 8 atom stereocenters. The normalized spacial score (nSPS) is 32.3. The number of carbonyl (C=O) groups excluding carboxylic acids is 1. The fourth-order valence-electron chi connectivity index (χ4n) is 6.32. The number of nitrogens with one attached hydrogen (secondary N) is 2. The van der Waals surface area contributed by atoms with Crippen LogP contribution in [0.2, 0.25) is 0 Å². The van der Waals surface area contributed by atoms with Crippen molar-refractivity contribution >= 4 is 23.6 Å². The number of carboxylic acids is 1. The molecule has 0 spiro atoms. The number of aromatic nitrogens is 4. The van der Waals surface area contributed by atoms with E-state index in [1.54, 1.807) is 4.90 Å².